The lowest BCUT2D eigenvalue weighted by Gasteiger charge is -2.28. The molecule has 3 heteroatoms. The normalized spacial score (nSPS) is 17.8. The summed E-state index contributed by atoms with van der Waals surface area (Å²) in [7, 11) is 1.75. The minimum Gasteiger partial charge on any atom is -0.380 e. The first-order valence-corrected chi connectivity index (χ1v) is 5.89. The molecule has 0 saturated carbocycles. The lowest BCUT2D eigenvalue weighted by molar-refractivity contribution is 0.0617. The van der Waals surface area contributed by atoms with Crippen molar-refractivity contribution < 1.29 is 9.47 Å². The molecule has 0 aromatic rings. The molecule has 0 aliphatic heterocycles. The van der Waals surface area contributed by atoms with Crippen LogP contribution < -0.4 is 5.32 Å². The van der Waals surface area contributed by atoms with Gasteiger partial charge in [0.05, 0.1) is 12.7 Å². The van der Waals surface area contributed by atoms with Crippen LogP contribution in [0.4, 0.5) is 0 Å². The Morgan fingerprint density at radius 3 is 2.13 bits per heavy atom. The molecule has 0 rings (SSSR count). The van der Waals surface area contributed by atoms with Gasteiger partial charge in [0.1, 0.15) is 0 Å². The van der Waals surface area contributed by atoms with Crippen LogP contribution in [0.1, 0.15) is 34.6 Å². The van der Waals surface area contributed by atoms with E-state index in [0.29, 0.717) is 18.0 Å². The zero-order valence-corrected chi connectivity index (χ0v) is 11.0. The Labute approximate surface area is 94.5 Å². The third-order valence-corrected chi connectivity index (χ3v) is 2.86. The van der Waals surface area contributed by atoms with Crippen LogP contribution >= 0.6 is 0 Å². The minimum atomic E-state index is 0.230. The van der Waals surface area contributed by atoms with E-state index in [1.807, 2.05) is 6.92 Å². The fourth-order valence-corrected chi connectivity index (χ4v) is 1.36. The standard InChI is InChI=1S/C12H27NO2/c1-7-15-8-12(9(2)3)13-10(4)11(5)14-6/h9-13H,7-8H2,1-6H3. The lowest BCUT2D eigenvalue weighted by Crippen LogP contribution is -2.47. The summed E-state index contributed by atoms with van der Waals surface area (Å²) in [6.45, 7) is 12.2. The smallest absolute Gasteiger partial charge is 0.0693 e. The first kappa shape index (κ1) is 14.9. The summed E-state index contributed by atoms with van der Waals surface area (Å²) in [6, 6.07) is 0.750. The predicted octanol–water partition coefficient (Wildman–Crippen LogP) is 2.06. The van der Waals surface area contributed by atoms with Crippen molar-refractivity contribution in [2.24, 2.45) is 5.92 Å². The molecule has 0 aliphatic carbocycles. The van der Waals surface area contributed by atoms with Crippen molar-refractivity contribution in [3.8, 4) is 0 Å². The van der Waals surface area contributed by atoms with Crippen LogP contribution in [0.25, 0.3) is 0 Å². The van der Waals surface area contributed by atoms with Crippen LogP contribution in [0.2, 0.25) is 0 Å². The SMILES string of the molecule is CCOCC(NC(C)C(C)OC)C(C)C. The van der Waals surface area contributed by atoms with E-state index in [4.69, 9.17) is 9.47 Å². The molecule has 15 heavy (non-hydrogen) atoms. The Morgan fingerprint density at radius 2 is 1.73 bits per heavy atom. The summed E-state index contributed by atoms with van der Waals surface area (Å²) in [5.74, 6) is 0.572. The molecule has 0 saturated heterocycles. The molecule has 0 heterocycles. The van der Waals surface area contributed by atoms with Crippen molar-refractivity contribution in [3.63, 3.8) is 0 Å². The van der Waals surface area contributed by atoms with Gasteiger partial charge < -0.3 is 14.8 Å². The molecule has 0 aromatic carbocycles. The highest BCUT2D eigenvalue weighted by atomic mass is 16.5. The molecule has 92 valence electrons. The largest absolute Gasteiger partial charge is 0.380 e. The molecule has 3 unspecified atom stereocenters. The summed E-state index contributed by atoms with van der Waals surface area (Å²) >= 11 is 0. The van der Waals surface area contributed by atoms with Crippen molar-refractivity contribution in [1.29, 1.82) is 0 Å². The van der Waals surface area contributed by atoms with Gasteiger partial charge >= 0.3 is 0 Å². The Balaban J connectivity index is 4.03. The fraction of sp³-hybridized carbons (Fsp3) is 1.00. The monoisotopic (exact) mass is 217 g/mol. The second-order valence-electron chi connectivity index (χ2n) is 4.41. The second-order valence-corrected chi connectivity index (χ2v) is 4.41. The number of methoxy groups -OCH3 is 1. The Bertz CT molecular complexity index is 151. The minimum absolute atomic E-state index is 0.230. The Hall–Kier alpha value is -0.120. The lowest BCUT2D eigenvalue weighted by atomic mass is 10.0. The average Bonchev–Trinajstić information content (AvgIpc) is 2.22. The summed E-state index contributed by atoms with van der Waals surface area (Å²) in [4.78, 5) is 0. The number of hydrogen-bond acceptors (Lipinski definition) is 3. The first-order chi connectivity index (χ1) is 7.02. The molecule has 1 N–H and O–H groups in total. The molecule has 0 amide bonds. The maximum absolute atomic E-state index is 5.47. The molecule has 0 aromatic heterocycles. The average molecular weight is 217 g/mol. The highest BCUT2D eigenvalue weighted by Crippen LogP contribution is 2.06. The molecular weight excluding hydrogens is 190 g/mol. The molecule has 0 bridgehead atoms. The van der Waals surface area contributed by atoms with E-state index in [1.165, 1.54) is 0 Å². The van der Waals surface area contributed by atoms with Gasteiger partial charge in [-0.1, -0.05) is 13.8 Å². The Morgan fingerprint density at radius 1 is 1.13 bits per heavy atom. The maximum Gasteiger partial charge on any atom is 0.0693 e. The molecule has 0 spiro atoms. The highest BCUT2D eigenvalue weighted by molar-refractivity contribution is 4.77. The summed E-state index contributed by atoms with van der Waals surface area (Å²) in [5, 5.41) is 3.55. The van der Waals surface area contributed by atoms with E-state index >= 15 is 0 Å². The van der Waals surface area contributed by atoms with Gasteiger partial charge in [-0.25, -0.2) is 0 Å². The quantitative estimate of drug-likeness (QED) is 0.675. The molecule has 0 radical (unpaired) electrons. The zero-order chi connectivity index (χ0) is 11.8. The topological polar surface area (TPSA) is 30.5 Å². The summed E-state index contributed by atoms with van der Waals surface area (Å²) in [5.41, 5.74) is 0. The van der Waals surface area contributed by atoms with Crippen molar-refractivity contribution in [2.75, 3.05) is 20.3 Å². The Kier molecular flexibility index (Phi) is 8.02. The zero-order valence-electron chi connectivity index (χ0n) is 11.0. The van der Waals surface area contributed by atoms with Gasteiger partial charge in [-0.05, 0) is 26.7 Å². The van der Waals surface area contributed by atoms with Crippen molar-refractivity contribution in [2.45, 2.75) is 52.8 Å². The van der Waals surface area contributed by atoms with E-state index < -0.39 is 0 Å². The van der Waals surface area contributed by atoms with Crippen LogP contribution in [0.5, 0.6) is 0 Å². The van der Waals surface area contributed by atoms with Crippen LogP contribution in [0.15, 0.2) is 0 Å². The fourth-order valence-electron chi connectivity index (χ4n) is 1.36. The highest BCUT2D eigenvalue weighted by Gasteiger charge is 2.19. The van der Waals surface area contributed by atoms with E-state index in [1.54, 1.807) is 7.11 Å². The molecule has 3 nitrogen and oxygen atoms in total. The van der Waals surface area contributed by atoms with Crippen LogP contribution in [-0.4, -0.2) is 38.5 Å². The van der Waals surface area contributed by atoms with Gasteiger partial charge in [-0.3, -0.25) is 0 Å². The number of nitrogens with one attached hydrogen (secondary N) is 1. The van der Waals surface area contributed by atoms with Crippen molar-refractivity contribution >= 4 is 0 Å². The third-order valence-electron chi connectivity index (χ3n) is 2.86. The van der Waals surface area contributed by atoms with Gasteiger partial charge in [-0.2, -0.15) is 0 Å². The van der Waals surface area contributed by atoms with Gasteiger partial charge in [0.25, 0.3) is 0 Å². The van der Waals surface area contributed by atoms with E-state index in [9.17, 15) is 0 Å². The van der Waals surface area contributed by atoms with Crippen LogP contribution in [-0.2, 0) is 9.47 Å². The van der Waals surface area contributed by atoms with Gasteiger partial charge in [-0.15, -0.1) is 0 Å². The maximum atomic E-state index is 5.47. The van der Waals surface area contributed by atoms with Crippen LogP contribution in [0, 0.1) is 5.92 Å². The van der Waals surface area contributed by atoms with E-state index in [2.05, 4.69) is 33.0 Å². The summed E-state index contributed by atoms with van der Waals surface area (Å²) < 4.78 is 10.8. The number of rotatable bonds is 8. The number of ether oxygens (including phenoxy) is 2. The second kappa shape index (κ2) is 8.08. The van der Waals surface area contributed by atoms with Crippen molar-refractivity contribution in [3.05, 3.63) is 0 Å². The third kappa shape index (κ3) is 6.13. The molecule has 0 fully saturated rings. The molecule has 3 atom stereocenters. The molecular formula is C12H27NO2. The van der Waals surface area contributed by atoms with Crippen LogP contribution in [0.3, 0.4) is 0 Å². The van der Waals surface area contributed by atoms with Crippen molar-refractivity contribution in [1.82, 2.24) is 5.32 Å². The summed E-state index contributed by atoms with van der Waals surface area (Å²) in [6.07, 6.45) is 0.230. The number of hydrogen-bond donors (Lipinski definition) is 1. The van der Waals surface area contributed by atoms with Gasteiger partial charge in [0, 0.05) is 25.8 Å². The van der Waals surface area contributed by atoms with Gasteiger partial charge in [0.2, 0.25) is 0 Å². The molecule has 0 aliphatic rings. The predicted molar refractivity (Wildman–Crippen MR) is 64.2 cm³/mol. The first-order valence-electron chi connectivity index (χ1n) is 5.89. The van der Waals surface area contributed by atoms with Gasteiger partial charge in [0.15, 0.2) is 0 Å². The van der Waals surface area contributed by atoms with E-state index in [-0.39, 0.29) is 6.10 Å². The van der Waals surface area contributed by atoms with E-state index in [0.717, 1.165) is 13.2 Å².